The van der Waals surface area contributed by atoms with Gasteiger partial charge < -0.3 is 15.7 Å². The Morgan fingerprint density at radius 3 is 2.53 bits per heavy atom. The lowest BCUT2D eigenvalue weighted by atomic mass is 9.89. The SMILES string of the molecule is CC(C)(C)N1CCCC[C@@](N)(CC(=O)O)C1=O. The van der Waals surface area contributed by atoms with Crippen LogP contribution in [0.5, 0.6) is 0 Å². The summed E-state index contributed by atoms with van der Waals surface area (Å²) in [6, 6.07) is 0. The number of carboxylic acids is 1. The minimum absolute atomic E-state index is 0.232. The van der Waals surface area contributed by atoms with Gasteiger partial charge in [0.15, 0.2) is 0 Å². The molecule has 1 heterocycles. The average molecular weight is 242 g/mol. The Morgan fingerprint density at radius 2 is 2.06 bits per heavy atom. The van der Waals surface area contributed by atoms with Gasteiger partial charge in [0.1, 0.15) is 5.54 Å². The number of nitrogens with zero attached hydrogens (tertiary/aromatic N) is 1. The minimum Gasteiger partial charge on any atom is -0.481 e. The normalized spacial score (nSPS) is 26.8. The Kier molecular flexibility index (Phi) is 3.81. The molecule has 0 aliphatic carbocycles. The molecule has 5 nitrogen and oxygen atoms in total. The smallest absolute Gasteiger partial charge is 0.305 e. The van der Waals surface area contributed by atoms with E-state index >= 15 is 0 Å². The third-order valence-corrected chi connectivity index (χ3v) is 3.20. The number of amides is 1. The number of nitrogens with two attached hydrogens (primary N) is 1. The maximum Gasteiger partial charge on any atom is 0.305 e. The van der Waals surface area contributed by atoms with E-state index in [4.69, 9.17) is 10.8 Å². The van der Waals surface area contributed by atoms with Gasteiger partial charge in [0.05, 0.1) is 6.42 Å². The Morgan fingerprint density at radius 1 is 1.47 bits per heavy atom. The molecule has 0 spiro atoms. The van der Waals surface area contributed by atoms with E-state index in [2.05, 4.69) is 0 Å². The van der Waals surface area contributed by atoms with Gasteiger partial charge in [0.25, 0.3) is 0 Å². The summed E-state index contributed by atoms with van der Waals surface area (Å²) in [5.41, 5.74) is 4.46. The molecular weight excluding hydrogens is 220 g/mol. The van der Waals surface area contributed by atoms with Crippen LogP contribution in [0.1, 0.15) is 46.5 Å². The zero-order valence-corrected chi connectivity index (χ0v) is 10.8. The molecule has 1 rings (SSSR count). The van der Waals surface area contributed by atoms with Gasteiger partial charge in [-0.05, 0) is 40.0 Å². The summed E-state index contributed by atoms with van der Waals surface area (Å²) in [6.07, 6.45) is 1.83. The fraction of sp³-hybridized carbons (Fsp3) is 0.833. The van der Waals surface area contributed by atoms with Crippen LogP contribution < -0.4 is 5.73 Å². The van der Waals surface area contributed by atoms with Crippen LogP contribution in [0, 0.1) is 0 Å². The predicted molar refractivity (Wildman–Crippen MR) is 64.5 cm³/mol. The number of carbonyl (C=O) groups excluding carboxylic acids is 1. The van der Waals surface area contributed by atoms with Crippen molar-refractivity contribution in [3.05, 3.63) is 0 Å². The fourth-order valence-electron chi connectivity index (χ4n) is 2.26. The van der Waals surface area contributed by atoms with Crippen molar-refractivity contribution in [3.8, 4) is 0 Å². The lowest BCUT2D eigenvalue weighted by molar-refractivity contribution is -0.148. The van der Waals surface area contributed by atoms with Gasteiger partial charge in [-0.3, -0.25) is 9.59 Å². The van der Waals surface area contributed by atoms with E-state index < -0.39 is 11.5 Å². The van der Waals surface area contributed by atoms with Crippen LogP contribution in [-0.2, 0) is 9.59 Å². The summed E-state index contributed by atoms with van der Waals surface area (Å²) >= 11 is 0. The fourth-order valence-corrected chi connectivity index (χ4v) is 2.26. The summed E-state index contributed by atoms with van der Waals surface area (Å²) in [6.45, 7) is 6.48. The molecule has 17 heavy (non-hydrogen) atoms. The highest BCUT2D eigenvalue weighted by Gasteiger charge is 2.43. The average Bonchev–Trinajstić information content (AvgIpc) is 2.25. The molecule has 0 aromatic carbocycles. The summed E-state index contributed by atoms with van der Waals surface area (Å²) in [5, 5.41) is 8.88. The maximum atomic E-state index is 12.4. The molecule has 0 bridgehead atoms. The van der Waals surface area contributed by atoms with E-state index in [0.29, 0.717) is 13.0 Å². The maximum absolute atomic E-state index is 12.4. The highest BCUT2D eigenvalue weighted by Crippen LogP contribution is 2.27. The van der Waals surface area contributed by atoms with E-state index in [0.717, 1.165) is 12.8 Å². The van der Waals surface area contributed by atoms with Crippen LogP contribution in [0.25, 0.3) is 0 Å². The molecule has 1 atom stereocenters. The van der Waals surface area contributed by atoms with Crippen LogP contribution in [0.15, 0.2) is 0 Å². The first-order valence-corrected chi connectivity index (χ1v) is 5.99. The zero-order chi connectivity index (χ0) is 13.3. The van der Waals surface area contributed by atoms with Crippen LogP contribution in [-0.4, -0.2) is 39.5 Å². The van der Waals surface area contributed by atoms with E-state index in [-0.39, 0.29) is 17.9 Å². The highest BCUT2D eigenvalue weighted by atomic mass is 16.4. The second kappa shape index (κ2) is 4.64. The molecule has 1 amide bonds. The molecule has 5 heteroatoms. The number of carbonyl (C=O) groups is 2. The van der Waals surface area contributed by atoms with Crippen molar-refractivity contribution in [2.45, 2.75) is 57.5 Å². The molecule has 0 aromatic rings. The Balaban J connectivity index is 2.99. The van der Waals surface area contributed by atoms with Crippen molar-refractivity contribution in [1.29, 1.82) is 0 Å². The number of carboxylic acid groups (broad SMARTS) is 1. The summed E-state index contributed by atoms with van der Waals surface area (Å²) < 4.78 is 0. The van der Waals surface area contributed by atoms with E-state index in [1.54, 1.807) is 4.90 Å². The number of aliphatic carboxylic acids is 1. The first-order chi connectivity index (χ1) is 7.67. The van der Waals surface area contributed by atoms with Gasteiger partial charge in [0.2, 0.25) is 5.91 Å². The van der Waals surface area contributed by atoms with Crippen LogP contribution in [0.3, 0.4) is 0 Å². The standard InChI is InChI=1S/C12H22N2O3/c1-11(2,3)14-7-5-4-6-12(13,10(14)17)8-9(15)16/h4-8,13H2,1-3H3,(H,15,16)/t12-/m1/s1. The van der Waals surface area contributed by atoms with E-state index in [9.17, 15) is 9.59 Å². The molecule has 1 saturated heterocycles. The largest absolute Gasteiger partial charge is 0.481 e. The monoisotopic (exact) mass is 242 g/mol. The number of hydrogen-bond acceptors (Lipinski definition) is 3. The van der Waals surface area contributed by atoms with Gasteiger partial charge in [-0.2, -0.15) is 0 Å². The van der Waals surface area contributed by atoms with Crippen molar-refractivity contribution >= 4 is 11.9 Å². The first-order valence-electron chi connectivity index (χ1n) is 5.99. The molecule has 0 unspecified atom stereocenters. The predicted octanol–water partition coefficient (Wildman–Crippen LogP) is 0.970. The van der Waals surface area contributed by atoms with Crippen molar-refractivity contribution in [3.63, 3.8) is 0 Å². The number of hydrogen-bond donors (Lipinski definition) is 2. The summed E-state index contributed by atoms with van der Waals surface area (Å²) in [7, 11) is 0. The second-order valence-electron chi connectivity index (χ2n) is 5.81. The molecule has 1 aliphatic heterocycles. The molecular formula is C12H22N2O3. The summed E-state index contributed by atoms with van der Waals surface area (Å²) in [5.74, 6) is -1.25. The highest BCUT2D eigenvalue weighted by molar-refractivity contribution is 5.91. The molecule has 0 saturated carbocycles. The third-order valence-electron chi connectivity index (χ3n) is 3.20. The van der Waals surface area contributed by atoms with Crippen LogP contribution >= 0.6 is 0 Å². The van der Waals surface area contributed by atoms with Crippen LogP contribution in [0.4, 0.5) is 0 Å². The molecule has 98 valence electrons. The van der Waals surface area contributed by atoms with E-state index in [1.807, 2.05) is 20.8 Å². The topological polar surface area (TPSA) is 83.6 Å². The lowest BCUT2D eigenvalue weighted by Crippen LogP contribution is -2.59. The van der Waals surface area contributed by atoms with Crippen LogP contribution in [0.2, 0.25) is 0 Å². The molecule has 0 aromatic heterocycles. The molecule has 0 radical (unpaired) electrons. The van der Waals surface area contributed by atoms with Gasteiger partial charge in [0, 0.05) is 12.1 Å². The molecule has 1 aliphatic rings. The number of likely N-dealkylation sites (tertiary alicyclic amines) is 1. The van der Waals surface area contributed by atoms with Gasteiger partial charge in [-0.15, -0.1) is 0 Å². The van der Waals surface area contributed by atoms with Gasteiger partial charge in [-0.25, -0.2) is 0 Å². The Labute approximate surface area is 102 Å². The van der Waals surface area contributed by atoms with Crippen molar-refractivity contribution < 1.29 is 14.7 Å². The quantitative estimate of drug-likeness (QED) is 0.755. The van der Waals surface area contributed by atoms with Gasteiger partial charge in [-0.1, -0.05) is 0 Å². The Hall–Kier alpha value is -1.10. The number of rotatable bonds is 2. The lowest BCUT2D eigenvalue weighted by Gasteiger charge is -2.39. The second-order valence-corrected chi connectivity index (χ2v) is 5.81. The Bertz CT molecular complexity index is 322. The van der Waals surface area contributed by atoms with Crippen molar-refractivity contribution in [2.24, 2.45) is 5.73 Å². The van der Waals surface area contributed by atoms with Crippen molar-refractivity contribution in [1.82, 2.24) is 4.90 Å². The summed E-state index contributed by atoms with van der Waals surface area (Å²) in [4.78, 5) is 24.9. The third kappa shape index (κ3) is 3.19. The van der Waals surface area contributed by atoms with E-state index in [1.165, 1.54) is 0 Å². The first kappa shape index (κ1) is 14.0. The minimum atomic E-state index is -1.24. The van der Waals surface area contributed by atoms with Crippen molar-refractivity contribution in [2.75, 3.05) is 6.54 Å². The molecule has 3 N–H and O–H groups in total. The molecule has 1 fully saturated rings. The zero-order valence-electron chi connectivity index (χ0n) is 10.8. The van der Waals surface area contributed by atoms with Gasteiger partial charge >= 0.3 is 5.97 Å².